The third kappa shape index (κ3) is 4.62. The molecule has 0 N–H and O–H groups in total. The summed E-state index contributed by atoms with van der Waals surface area (Å²) in [5.74, 6) is 1.77. The highest BCUT2D eigenvalue weighted by Gasteiger charge is 2.52. The van der Waals surface area contributed by atoms with Crippen LogP contribution in [-0.4, -0.2) is 0 Å². The van der Waals surface area contributed by atoms with Crippen LogP contribution in [0.4, 0.5) is 17.1 Å². The van der Waals surface area contributed by atoms with E-state index in [1.165, 1.54) is 85.6 Å². The monoisotopic (exact) mass is 875 g/mol. The van der Waals surface area contributed by atoms with Crippen LogP contribution in [0.1, 0.15) is 44.5 Å². The Hall–Kier alpha value is -7.63. The SMILES string of the molecule is c1ccc2c(c1)Oc1ccc(N(c3ccc4c(c3)C3(c5ccccc5S4)c4ccccc4-c4ccccc43)c3cccc4sc5ccccc5c34)cc1C21c2ccccc2-c2ccccc21. The highest BCUT2D eigenvalue weighted by Crippen LogP contribution is 2.65. The van der Waals surface area contributed by atoms with Gasteiger partial charge in [-0.25, -0.2) is 0 Å². The van der Waals surface area contributed by atoms with Gasteiger partial charge < -0.3 is 9.64 Å². The first-order valence-corrected chi connectivity index (χ1v) is 24.3. The van der Waals surface area contributed by atoms with Gasteiger partial charge in [0, 0.05) is 52.5 Å². The number of nitrogens with zero attached hydrogens (tertiary/aromatic N) is 1. The summed E-state index contributed by atoms with van der Waals surface area (Å²) in [6.07, 6.45) is 0. The Morgan fingerprint density at radius 1 is 0.348 bits per heavy atom. The van der Waals surface area contributed by atoms with Gasteiger partial charge in [0.15, 0.2) is 0 Å². The van der Waals surface area contributed by atoms with Crippen LogP contribution in [-0.2, 0) is 10.8 Å². The summed E-state index contributed by atoms with van der Waals surface area (Å²) in [5, 5.41) is 2.52. The van der Waals surface area contributed by atoms with Crippen molar-refractivity contribution < 1.29 is 4.74 Å². The zero-order valence-corrected chi connectivity index (χ0v) is 37.2. The van der Waals surface area contributed by atoms with Crippen molar-refractivity contribution in [3.8, 4) is 33.8 Å². The molecule has 2 spiro atoms. The van der Waals surface area contributed by atoms with Gasteiger partial charge in [-0.3, -0.25) is 0 Å². The van der Waals surface area contributed by atoms with Crippen LogP contribution < -0.4 is 9.64 Å². The Morgan fingerprint density at radius 2 is 0.833 bits per heavy atom. The maximum absolute atomic E-state index is 6.97. The molecule has 0 unspecified atom stereocenters. The molecule has 2 nitrogen and oxygen atoms in total. The highest BCUT2D eigenvalue weighted by atomic mass is 32.2. The zero-order chi connectivity index (χ0) is 43.1. The van der Waals surface area contributed by atoms with Gasteiger partial charge in [0.2, 0.25) is 0 Å². The lowest BCUT2D eigenvalue weighted by molar-refractivity contribution is 0.436. The minimum absolute atomic E-state index is 0.512. The average molecular weight is 876 g/mol. The summed E-state index contributed by atoms with van der Waals surface area (Å²) >= 11 is 3.75. The second-order valence-corrected chi connectivity index (χ2v) is 20.0. The van der Waals surface area contributed by atoms with Crippen LogP contribution in [0.3, 0.4) is 0 Å². The van der Waals surface area contributed by atoms with Crippen molar-refractivity contribution in [2.75, 3.05) is 4.90 Å². The summed E-state index contributed by atoms with van der Waals surface area (Å²) in [6.45, 7) is 0. The highest BCUT2D eigenvalue weighted by molar-refractivity contribution is 7.99. The van der Waals surface area contributed by atoms with Crippen molar-refractivity contribution in [2.24, 2.45) is 0 Å². The quantitative estimate of drug-likeness (QED) is 0.175. The Kier molecular flexibility index (Phi) is 7.48. The predicted octanol–water partition coefficient (Wildman–Crippen LogP) is 16.8. The van der Waals surface area contributed by atoms with Crippen LogP contribution in [0.15, 0.2) is 234 Å². The van der Waals surface area contributed by atoms with Crippen molar-refractivity contribution in [1.82, 2.24) is 0 Å². The fourth-order valence-electron chi connectivity index (χ4n) is 12.3. The van der Waals surface area contributed by atoms with E-state index in [9.17, 15) is 0 Å². The van der Waals surface area contributed by atoms with Gasteiger partial charge in [0.05, 0.1) is 16.5 Å². The molecule has 2 aliphatic heterocycles. The summed E-state index contributed by atoms with van der Waals surface area (Å²) in [4.78, 5) is 5.11. The molecule has 15 rings (SSSR count). The molecule has 0 amide bonds. The molecule has 66 heavy (non-hydrogen) atoms. The lowest BCUT2D eigenvalue weighted by atomic mass is 9.66. The number of anilines is 3. The van der Waals surface area contributed by atoms with Crippen molar-refractivity contribution >= 4 is 60.3 Å². The van der Waals surface area contributed by atoms with Gasteiger partial charge in [-0.2, -0.15) is 0 Å². The average Bonchev–Trinajstić information content (AvgIpc) is 4.01. The van der Waals surface area contributed by atoms with Gasteiger partial charge in [-0.15, -0.1) is 11.3 Å². The zero-order valence-electron chi connectivity index (χ0n) is 35.5. The third-order valence-electron chi connectivity index (χ3n) is 14.8. The number of rotatable bonds is 3. The van der Waals surface area contributed by atoms with Gasteiger partial charge in [-0.1, -0.05) is 169 Å². The third-order valence-corrected chi connectivity index (χ3v) is 17.1. The molecule has 4 heteroatoms. The number of hydrogen-bond donors (Lipinski definition) is 0. The van der Waals surface area contributed by atoms with E-state index >= 15 is 0 Å². The Labute approximate surface area is 391 Å². The number of hydrogen-bond acceptors (Lipinski definition) is 4. The van der Waals surface area contributed by atoms with Gasteiger partial charge in [-0.05, 0) is 122 Å². The molecule has 0 saturated heterocycles. The molecule has 0 atom stereocenters. The summed E-state index contributed by atoms with van der Waals surface area (Å²) < 4.78 is 9.52. The largest absolute Gasteiger partial charge is 0.457 e. The van der Waals surface area contributed by atoms with Crippen LogP contribution in [0.2, 0.25) is 0 Å². The molecular formula is C62H37NOS2. The maximum atomic E-state index is 6.97. The molecule has 0 fully saturated rings. The molecule has 2 aliphatic carbocycles. The van der Waals surface area contributed by atoms with E-state index in [2.05, 4.69) is 229 Å². The second-order valence-electron chi connectivity index (χ2n) is 17.8. The predicted molar refractivity (Wildman–Crippen MR) is 273 cm³/mol. The van der Waals surface area contributed by atoms with Crippen molar-refractivity contribution in [2.45, 2.75) is 20.6 Å². The molecule has 4 aliphatic rings. The fourth-order valence-corrected chi connectivity index (χ4v) is 14.6. The number of para-hydroxylation sites is 1. The fraction of sp³-hybridized carbons (Fsp3) is 0.0323. The molecule has 308 valence electrons. The van der Waals surface area contributed by atoms with Crippen LogP contribution >= 0.6 is 23.1 Å². The minimum Gasteiger partial charge on any atom is -0.457 e. The van der Waals surface area contributed by atoms with E-state index in [-0.39, 0.29) is 0 Å². The van der Waals surface area contributed by atoms with Gasteiger partial charge in [0.1, 0.15) is 11.5 Å². The smallest absolute Gasteiger partial charge is 0.132 e. The van der Waals surface area contributed by atoms with Crippen LogP contribution in [0.5, 0.6) is 11.5 Å². The molecule has 0 bridgehead atoms. The molecule has 0 radical (unpaired) electrons. The summed E-state index contributed by atoms with van der Waals surface area (Å²) in [5.41, 5.74) is 17.5. The number of thiophene rings is 1. The standard InChI is InChI=1S/C62H37NOS2/c1-6-21-45-40(16-1)41-17-2-7-22-46(41)61(45)49-25-10-12-28-54(49)64-55-34-32-38(36-51(55)61)63(53-27-15-31-59-60(53)44-20-5-13-29-56(44)65-59)39-33-35-58-52(37-39)62(50-26-11-14-30-57(50)66-58)47-23-8-3-18-42(47)43-19-4-9-24-48(43)62/h1-37H. The number of fused-ring (bicyclic) bond motifs is 21. The first-order valence-electron chi connectivity index (χ1n) is 22.7. The van der Waals surface area contributed by atoms with Crippen molar-refractivity contribution in [3.05, 3.63) is 269 Å². The van der Waals surface area contributed by atoms with Crippen LogP contribution in [0.25, 0.3) is 42.4 Å². The Balaban J connectivity index is 1.04. The molecule has 1 aromatic heterocycles. The Bertz CT molecular complexity index is 3590. The summed E-state index contributed by atoms with van der Waals surface area (Å²) in [7, 11) is 0. The second kappa shape index (κ2) is 13.5. The van der Waals surface area contributed by atoms with Crippen LogP contribution in [0, 0.1) is 0 Å². The Morgan fingerprint density at radius 3 is 1.52 bits per heavy atom. The molecule has 11 aromatic rings. The van der Waals surface area contributed by atoms with E-state index in [0.29, 0.717) is 0 Å². The molecule has 10 aromatic carbocycles. The number of benzene rings is 10. The molecular weight excluding hydrogens is 839 g/mol. The number of ether oxygens (including phenoxy) is 1. The lowest BCUT2D eigenvalue weighted by Gasteiger charge is -2.41. The van der Waals surface area contributed by atoms with E-state index in [0.717, 1.165) is 39.7 Å². The maximum Gasteiger partial charge on any atom is 0.132 e. The molecule has 0 saturated carbocycles. The topological polar surface area (TPSA) is 12.5 Å². The van der Waals surface area contributed by atoms with E-state index < -0.39 is 10.8 Å². The summed E-state index contributed by atoms with van der Waals surface area (Å²) in [6, 6.07) is 83.8. The van der Waals surface area contributed by atoms with Crippen molar-refractivity contribution in [1.29, 1.82) is 0 Å². The van der Waals surface area contributed by atoms with Gasteiger partial charge >= 0.3 is 0 Å². The normalized spacial score (nSPS) is 14.7. The first-order chi connectivity index (χ1) is 32.7. The van der Waals surface area contributed by atoms with E-state index in [4.69, 9.17) is 4.74 Å². The molecule has 3 heterocycles. The first kappa shape index (κ1) is 36.7. The minimum atomic E-state index is -0.600. The van der Waals surface area contributed by atoms with Gasteiger partial charge in [0.25, 0.3) is 0 Å². The van der Waals surface area contributed by atoms with E-state index in [1.54, 1.807) is 0 Å². The van der Waals surface area contributed by atoms with Crippen molar-refractivity contribution in [3.63, 3.8) is 0 Å². The lowest BCUT2D eigenvalue weighted by Crippen LogP contribution is -2.32. The van der Waals surface area contributed by atoms with E-state index in [1.807, 2.05) is 23.1 Å².